The van der Waals surface area contributed by atoms with Gasteiger partial charge in [0.15, 0.2) is 0 Å². The number of carbonyl (C=O) groups is 4. The van der Waals surface area contributed by atoms with E-state index in [1.165, 1.54) is 11.9 Å². The second-order valence-corrected chi connectivity index (χ2v) is 9.08. The molecule has 1 heterocycles. The molecule has 1 unspecified atom stereocenters. The number of likely N-dealkylation sites (N-methyl/N-ethyl adjacent to an activating group) is 1. The molecule has 0 aromatic heterocycles. The molecule has 0 spiro atoms. The second-order valence-electron chi connectivity index (χ2n) is 9.08. The Morgan fingerprint density at radius 2 is 1.75 bits per heavy atom. The van der Waals surface area contributed by atoms with Crippen molar-refractivity contribution in [2.75, 3.05) is 26.7 Å². The van der Waals surface area contributed by atoms with E-state index in [1.807, 2.05) is 30.3 Å². The van der Waals surface area contributed by atoms with Crippen molar-refractivity contribution in [1.82, 2.24) is 15.1 Å². The molecule has 1 aliphatic rings. The van der Waals surface area contributed by atoms with Gasteiger partial charge in [-0.3, -0.25) is 14.4 Å². The highest BCUT2D eigenvalue weighted by molar-refractivity contribution is 5.87. The third-order valence-corrected chi connectivity index (χ3v) is 5.18. The van der Waals surface area contributed by atoms with Gasteiger partial charge in [0.05, 0.1) is 0 Å². The lowest BCUT2D eigenvalue weighted by Crippen LogP contribution is -2.53. The number of rotatable bonds is 7. The third kappa shape index (κ3) is 7.86. The van der Waals surface area contributed by atoms with Crippen LogP contribution in [0.25, 0.3) is 0 Å². The zero-order valence-electron chi connectivity index (χ0n) is 19.2. The number of likely N-dealkylation sites (tertiary alicyclic amines) is 1. The predicted molar refractivity (Wildman–Crippen MR) is 118 cm³/mol. The molecule has 0 saturated carbocycles. The summed E-state index contributed by atoms with van der Waals surface area (Å²) in [6, 6.07) is 8.60. The Morgan fingerprint density at radius 1 is 1.16 bits per heavy atom. The third-order valence-electron chi connectivity index (χ3n) is 5.18. The van der Waals surface area contributed by atoms with Crippen LogP contribution in [-0.2, 0) is 25.5 Å². The van der Waals surface area contributed by atoms with Crippen molar-refractivity contribution in [1.29, 1.82) is 0 Å². The van der Waals surface area contributed by atoms with E-state index >= 15 is 0 Å². The van der Waals surface area contributed by atoms with Crippen molar-refractivity contribution in [3.63, 3.8) is 0 Å². The first-order valence-electron chi connectivity index (χ1n) is 10.8. The van der Waals surface area contributed by atoms with Crippen LogP contribution in [0.1, 0.15) is 39.2 Å². The molecule has 176 valence electrons. The van der Waals surface area contributed by atoms with E-state index in [0.717, 1.165) is 5.56 Å². The normalized spacial score (nSPS) is 15.6. The number of alkyl carbamates (subject to hydrolysis) is 1. The van der Waals surface area contributed by atoms with Crippen LogP contribution in [0.4, 0.5) is 4.79 Å². The maximum absolute atomic E-state index is 13.2. The first kappa shape index (κ1) is 25.2. The summed E-state index contributed by atoms with van der Waals surface area (Å²) in [5, 5.41) is 11.6. The van der Waals surface area contributed by atoms with Gasteiger partial charge in [-0.15, -0.1) is 0 Å². The summed E-state index contributed by atoms with van der Waals surface area (Å²) in [4.78, 5) is 51.7. The standard InChI is InChI=1S/C23H33N3O6/c1-23(2,3)32-22(31)24-18(14-16-8-6-5-7-9-16)21(30)26-12-10-17(11-13-26)20(29)25(4)15-19(27)28/h5-9,17-18H,10-15H2,1-4H3,(H,24,31)(H,27,28). The van der Waals surface area contributed by atoms with Gasteiger partial charge in [0, 0.05) is 32.5 Å². The van der Waals surface area contributed by atoms with E-state index in [0.29, 0.717) is 32.4 Å². The summed E-state index contributed by atoms with van der Waals surface area (Å²) in [5.41, 5.74) is 0.216. The van der Waals surface area contributed by atoms with Gasteiger partial charge >= 0.3 is 12.1 Å². The Labute approximate surface area is 188 Å². The largest absolute Gasteiger partial charge is 0.480 e. The number of ether oxygens (including phenoxy) is 1. The number of nitrogens with one attached hydrogen (secondary N) is 1. The number of hydrogen-bond acceptors (Lipinski definition) is 5. The smallest absolute Gasteiger partial charge is 0.408 e. The average Bonchev–Trinajstić information content (AvgIpc) is 2.71. The van der Waals surface area contributed by atoms with Crippen molar-refractivity contribution in [3.05, 3.63) is 35.9 Å². The number of amides is 3. The Kier molecular flexibility index (Phi) is 8.63. The van der Waals surface area contributed by atoms with E-state index in [4.69, 9.17) is 9.84 Å². The molecule has 1 fully saturated rings. The number of carboxylic acids is 1. The molecule has 1 aromatic carbocycles. The number of carbonyl (C=O) groups excluding carboxylic acids is 3. The molecule has 2 rings (SSSR count). The first-order valence-corrected chi connectivity index (χ1v) is 10.8. The molecule has 9 heteroatoms. The molecule has 1 atom stereocenters. The highest BCUT2D eigenvalue weighted by Crippen LogP contribution is 2.21. The van der Waals surface area contributed by atoms with Crippen molar-refractivity contribution >= 4 is 23.9 Å². The number of hydrogen-bond donors (Lipinski definition) is 2. The SMILES string of the molecule is CN(CC(=O)O)C(=O)C1CCN(C(=O)C(Cc2ccccc2)NC(=O)OC(C)(C)C)CC1. The summed E-state index contributed by atoms with van der Waals surface area (Å²) in [5.74, 6) is -1.85. The number of benzene rings is 1. The van der Waals surface area contributed by atoms with Gasteiger partial charge in [-0.2, -0.15) is 0 Å². The van der Waals surface area contributed by atoms with Gasteiger partial charge in [0.25, 0.3) is 0 Å². The summed E-state index contributed by atoms with van der Waals surface area (Å²) in [6.45, 7) is 5.63. The van der Waals surface area contributed by atoms with Crippen molar-refractivity contribution in [2.24, 2.45) is 5.92 Å². The molecular weight excluding hydrogens is 414 g/mol. The summed E-state index contributed by atoms with van der Waals surface area (Å²) < 4.78 is 5.33. The van der Waals surface area contributed by atoms with Gasteiger partial charge in [-0.25, -0.2) is 4.79 Å². The number of piperidine rings is 1. The van der Waals surface area contributed by atoms with Gasteiger partial charge in [0.1, 0.15) is 18.2 Å². The summed E-state index contributed by atoms with van der Waals surface area (Å²) in [7, 11) is 1.47. The van der Waals surface area contributed by atoms with Gasteiger partial charge < -0.3 is 25.0 Å². The van der Waals surface area contributed by atoms with E-state index < -0.39 is 23.7 Å². The monoisotopic (exact) mass is 447 g/mol. The van der Waals surface area contributed by atoms with Crippen LogP contribution < -0.4 is 5.32 Å². The molecule has 0 radical (unpaired) electrons. The molecule has 0 bridgehead atoms. The Balaban J connectivity index is 2.03. The topological polar surface area (TPSA) is 116 Å². The second kappa shape index (κ2) is 11.0. The molecule has 9 nitrogen and oxygen atoms in total. The maximum atomic E-state index is 13.2. The van der Waals surface area contributed by atoms with Crippen LogP contribution in [0.3, 0.4) is 0 Å². The fraction of sp³-hybridized carbons (Fsp3) is 0.565. The van der Waals surface area contributed by atoms with Gasteiger partial charge in [-0.05, 0) is 39.2 Å². The maximum Gasteiger partial charge on any atom is 0.408 e. The minimum atomic E-state index is -1.06. The summed E-state index contributed by atoms with van der Waals surface area (Å²) >= 11 is 0. The number of nitrogens with zero attached hydrogens (tertiary/aromatic N) is 2. The predicted octanol–water partition coefficient (Wildman–Crippen LogP) is 1.90. The van der Waals surface area contributed by atoms with Crippen molar-refractivity contribution in [3.8, 4) is 0 Å². The summed E-state index contributed by atoms with van der Waals surface area (Å²) in [6.07, 6.45) is 0.545. The molecule has 1 aliphatic heterocycles. The van der Waals surface area contributed by atoms with Crippen LogP contribution in [0.5, 0.6) is 0 Å². The van der Waals surface area contributed by atoms with Crippen molar-refractivity contribution in [2.45, 2.75) is 51.7 Å². The Bertz CT molecular complexity index is 813. The Morgan fingerprint density at radius 3 is 2.28 bits per heavy atom. The minimum absolute atomic E-state index is 0.229. The lowest BCUT2D eigenvalue weighted by molar-refractivity contribution is -0.146. The lowest BCUT2D eigenvalue weighted by atomic mass is 9.94. The number of carboxylic acid groups (broad SMARTS) is 1. The van der Waals surface area contributed by atoms with Crippen LogP contribution in [-0.4, -0.2) is 77.1 Å². The highest BCUT2D eigenvalue weighted by atomic mass is 16.6. The molecule has 3 amide bonds. The van der Waals surface area contributed by atoms with Gasteiger partial charge in [-0.1, -0.05) is 30.3 Å². The van der Waals surface area contributed by atoms with Crippen LogP contribution >= 0.6 is 0 Å². The van der Waals surface area contributed by atoms with Crippen LogP contribution in [0.2, 0.25) is 0 Å². The molecular formula is C23H33N3O6. The van der Waals surface area contributed by atoms with Gasteiger partial charge in [0.2, 0.25) is 11.8 Å². The fourth-order valence-corrected chi connectivity index (χ4v) is 3.66. The zero-order chi connectivity index (χ0) is 23.9. The van der Waals surface area contributed by atoms with E-state index in [-0.39, 0.29) is 24.3 Å². The molecule has 1 aromatic rings. The van der Waals surface area contributed by atoms with E-state index in [1.54, 1.807) is 25.7 Å². The quantitative estimate of drug-likeness (QED) is 0.660. The first-order chi connectivity index (χ1) is 15.0. The molecule has 2 N–H and O–H groups in total. The Hall–Kier alpha value is -3.10. The number of aliphatic carboxylic acids is 1. The molecule has 1 saturated heterocycles. The van der Waals surface area contributed by atoms with Crippen LogP contribution in [0.15, 0.2) is 30.3 Å². The lowest BCUT2D eigenvalue weighted by Gasteiger charge is -2.35. The average molecular weight is 448 g/mol. The molecule has 0 aliphatic carbocycles. The van der Waals surface area contributed by atoms with Crippen LogP contribution in [0, 0.1) is 5.92 Å². The molecule has 32 heavy (non-hydrogen) atoms. The van der Waals surface area contributed by atoms with E-state index in [2.05, 4.69) is 5.32 Å². The van der Waals surface area contributed by atoms with E-state index in [9.17, 15) is 19.2 Å². The minimum Gasteiger partial charge on any atom is -0.480 e. The zero-order valence-corrected chi connectivity index (χ0v) is 19.2. The fourth-order valence-electron chi connectivity index (χ4n) is 3.66. The van der Waals surface area contributed by atoms with Crippen molar-refractivity contribution < 1.29 is 29.0 Å². The highest BCUT2D eigenvalue weighted by Gasteiger charge is 2.33.